The third-order valence-corrected chi connectivity index (χ3v) is 4.91. The largest absolute Gasteiger partial charge is 0.351 e. The van der Waals surface area contributed by atoms with E-state index < -0.39 is 6.03 Å². The van der Waals surface area contributed by atoms with Gasteiger partial charge in [0.2, 0.25) is 5.95 Å². The topological polar surface area (TPSA) is 96.0 Å². The van der Waals surface area contributed by atoms with Crippen LogP contribution in [0.15, 0.2) is 48.7 Å². The zero-order valence-electron chi connectivity index (χ0n) is 15.0. The first-order valence-electron chi connectivity index (χ1n) is 8.50. The van der Waals surface area contributed by atoms with E-state index in [-0.39, 0.29) is 17.7 Å². The van der Waals surface area contributed by atoms with Crippen LogP contribution >= 0.6 is 11.3 Å². The highest BCUT2D eigenvalue weighted by Crippen LogP contribution is 2.27. The van der Waals surface area contributed by atoms with Gasteiger partial charge in [-0.25, -0.2) is 19.2 Å². The smallest absolute Gasteiger partial charge is 0.321 e. The van der Waals surface area contributed by atoms with E-state index in [1.54, 1.807) is 30.3 Å². The molecule has 3 rings (SSSR count). The van der Waals surface area contributed by atoms with Gasteiger partial charge in [0.25, 0.3) is 5.91 Å². The number of halogens is 1. The molecule has 0 unspecified atom stereocenters. The van der Waals surface area contributed by atoms with Crippen molar-refractivity contribution in [2.24, 2.45) is 0 Å². The third-order valence-electron chi connectivity index (χ3n) is 3.80. The summed E-state index contributed by atoms with van der Waals surface area (Å²) in [5, 5.41) is 7.79. The van der Waals surface area contributed by atoms with Gasteiger partial charge in [0.15, 0.2) is 0 Å². The van der Waals surface area contributed by atoms with Crippen molar-refractivity contribution in [2.45, 2.75) is 6.42 Å². The number of carbonyl (C=O) groups excluding carboxylic acids is 2. The first kappa shape index (κ1) is 19.4. The van der Waals surface area contributed by atoms with Crippen LogP contribution in [-0.2, 0) is 6.42 Å². The number of amides is 3. The van der Waals surface area contributed by atoms with E-state index in [1.165, 1.54) is 36.7 Å². The highest BCUT2D eigenvalue weighted by atomic mass is 32.1. The lowest BCUT2D eigenvalue weighted by Crippen LogP contribution is -2.25. The fourth-order valence-electron chi connectivity index (χ4n) is 2.38. The Morgan fingerprint density at radius 1 is 1.11 bits per heavy atom. The van der Waals surface area contributed by atoms with E-state index in [4.69, 9.17) is 0 Å². The lowest BCUT2D eigenvalue weighted by molar-refractivity contribution is 0.0958. The van der Waals surface area contributed by atoms with Gasteiger partial charge in [-0.05, 0) is 42.3 Å². The molecule has 0 bridgehead atoms. The Balaban J connectivity index is 1.60. The summed E-state index contributed by atoms with van der Waals surface area (Å²) in [4.78, 5) is 33.3. The maximum absolute atomic E-state index is 12.9. The van der Waals surface area contributed by atoms with Crippen molar-refractivity contribution in [3.8, 4) is 10.6 Å². The molecule has 3 amide bonds. The Morgan fingerprint density at radius 3 is 2.64 bits per heavy atom. The molecule has 9 heteroatoms. The molecule has 2 aromatic heterocycles. The molecule has 0 aliphatic heterocycles. The Kier molecular flexibility index (Phi) is 6.28. The molecule has 0 saturated carbocycles. The maximum Gasteiger partial charge on any atom is 0.321 e. The van der Waals surface area contributed by atoms with Crippen molar-refractivity contribution in [1.82, 2.24) is 20.6 Å². The summed E-state index contributed by atoms with van der Waals surface area (Å²) >= 11 is 1.30. The summed E-state index contributed by atoms with van der Waals surface area (Å²) in [5.74, 6) is -0.288. The van der Waals surface area contributed by atoms with Gasteiger partial charge >= 0.3 is 6.03 Å². The molecule has 3 N–H and O–H groups in total. The van der Waals surface area contributed by atoms with E-state index in [2.05, 4.69) is 25.9 Å². The zero-order valence-corrected chi connectivity index (χ0v) is 15.8. The minimum atomic E-state index is -0.412. The number of nitrogens with one attached hydrogen (secondary N) is 3. The van der Waals surface area contributed by atoms with Crippen molar-refractivity contribution in [3.05, 3.63) is 64.9 Å². The molecule has 0 saturated heterocycles. The van der Waals surface area contributed by atoms with Crippen molar-refractivity contribution in [1.29, 1.82) is 0 Å². The molecule has 0 spiro atoms. The van der Waals surface area contributed by atoms with Gasteiger partial charge < -0.3 is 10.6 Å². The van der Waals surface area contributed by atoms with Crippen molar-refractivity contribution in [3.63, 3.8) is 0 Å². The van der Waals surface area contributed by atoms with Crippen LogP contribution < -0.4 is 16.0 Å². The molecule has 1 aromatic carbocycles. The Hall–Kier alpha value is -3.33. The summed E-state index contributed by atoms with van der Waals surface area (Å²) in [7, 11) is 1.50. The van der Waals surface area contributed by atoms with Gasteiger partial charge in [-0.2, -0.15) is 0 Å². The molecular weight excluding hydrogens is 381 g/mol. The fourth-order valence-corrected chi connectivity index (χ4v) is 3.27. The van der Waals surface area contributed by atoms with Gasteiger partial charge in [0.05, 0.1) is 15.4 Å². The molecule has 144 valence electrons. The summed E-state index contributed by atoms with van der Waals surface area (Å²) in [6, 6.07) is 11.0. The highest BCUT2D eigenvalue weighted by Gasteiger charge is 2.12. The van der Waals surface area contributed by atoms with Crippen molar-refractivity contribution < 1.29 is 14.0 Å². The number of carbonyl (C=O) groups is 2. The quantitative estimate of drug-likeness (QED) is 0.594. The number of hydrogen-bond donors (Lipinski definition) is 3. The Morgan fingerprint density at radius 2 is 1.89 bits per heavy atom. The fraction of sp³-hybridized carbons (Fsp3) is 0.158. The van der Waals surface area contributed by atoms with E-state index in [9.17, 15) is 14.0 Å². The first-order chi connectivity index (χ1) is 13.5. The summed E-state index contributed by atoms with van der Waals surface area (Å²) in [6.45, 7) is 0.450. The number of nitrogens with zero attached hydrogens (tertiary/aromatic N) is 2. The Labute approximate surface area is 165 Å². The van der Waals surface area contributed by atoms with Crippen LogP contribution in [0.5, 0.6) is 0 Å². The number of thiophene rings is 1. The number of rotatable bonds is 6. The lowest BCUT2D eigenvalue weighted by atomic mass is 10.1. The molecule has 0 fully saturated rings. The minimum Gasteiger partial charge on any atom is -0.351 e. The molecule has 0 radical (unpaired) electrons. The van der Waals surface area contributed by atoms with Crippen LogP contribution in [0.2, 0.25) is 0 Å². The average Bonchev–Trinajstić information content (AvgIpc) is 3.20. The molecule has 2 heterocycles. The minimum absolute atomic E-state index is 0.176. The average molecular weight is 399 g/mol. The highest BCUT2D eigenvalue weighted by molar-refractivity contribution is 7.17. The molecular formula is C19H18FN5O2S. The second-order valence-electron chi connectivity index (χ2n) is 5.77. The zero-order chi connectivity index (χ0) is 19.9. The normalized spacial score (nSPS) is 10.4. The predicted octanol–water partition coefficient (Wildman–Crippen LogP) is 3.07. The standard InChI is InChI=1S/C19H18FN5O2S/c1-21-19(27)25-18-23-11-9-14(24-18)15-6-7-16(28-15)17(26)22-10-8-12-2-4-13(20)5-3-12/h2-7,9,11H,8,10H2,1H3,(H,22,26)(H2,21,23,24,25,27). The van der Waals surface area contributed by atoms with Crippen LogP contribution in [0, 0.1) is 5.82 Å². The molecule has 0 aliphatic carbocycles. The third kappa shape index (κ3) is 5.10. The molecule has 0 aliphatic rings. The second kappa shape index (κ2) is 9.05. The molecule has 7 nitrogen and oxygen atoms in total. The first-order valence-corrected chi connectivity index (χ1v) is 9.31. The monoisotopic (exact) mass is 399 g/mol. The van der Waals surface area contributed by atoms with E-state index in [0.717, 1.165) is 10.4 Å². The van der Waals surface area contributed by atoms with Crippen LogP contribution in [0.25, 0.3) is 10.6 Å². The number of aromatic nitrogens is 2. The van der Waals surface area contributed by atoms with Crippen molar-refractivity contribution in [2.75, 3.05) is 18.9 Å². The van der Waals surface area contributed by atoms with Crippen LogP contribution in [0.4, 0.5) is 15.1 Å². The summed E-state index contributed by atoms with van der Waals surface area (Å²) in [6.07, 6.45) is 2.15. The number of benzene rings is 1. The van der Waals surface area contributed by atoms with E-state index in [0.29, 0.717) is 23.5 Å². The van der Waals surface area contributed by atoms with Crippen LogP contribution in [0.1, 0.15) is 15.2 Å². The van der Waals surface area contributed by atoms with E-state index in [1.807, 2.05) is 0 Å². The van der Waals surface area contributed by atoms with Gasteiger partial charge in [-0.1, -0.05) is 12.1 Å². The SMILES string of the molecule is CNC(=O)Nc1nccc(-c2ccc(C(=O)NCCc3ccc(F)cc3)s2)n1. The molecule has 28 heavy (non-hydrogen) atoms. The second-order valence-corrected chi connectivity index (χ2v) is 6.85. The van der Waals surface area contributed by atoms with Crippen LogP contribution in [-0.4, -0.2) is 35.5 Å². The van der Waals surface area contributed by atoms with E-state index >= 15 is 0 Å². The molecule has 3 aromatic rings. The predicted molar refractivity (Wildman–Crippen MR) is 106 cm³/mol. The number of anilines is 1. The van der Waals surface area contributed by atoms with Gasteiger partial charge in [-0.3, -0.25) is 10.1 Å². The lowest BCUT2D eigenvalue weighted by Gasteiger charge is -2.04. The summed E-state index contributed by atoms with van der Waals surface area (Å²) < 4.78 is 12.9. The maximum atomic E-state index is 12.9. The van der Waals surface area contributed by atoms with Gasteiger partial charge in [-0.15, -0.1) is 11.3 Å². The van der Waals surface area contributed by atoms with Crippen LogP contribution in [0.3, 0.4) is 0 Å². The summed E-state index contributed by atoms with van der Waals surface area (Å²) in [5.41, 5.74) is 1.56. The number of hydrogen-bond acceptors (Lipinski definition) is 5. The van der Waals surface area contributed by atoms with Crippen molar-refractivity contribution >= 4 is 29.2 Å². The molecule has 0 atom stereocenters. The number of urea groups is 1. The Bertz CT molecular complexity index is 974. The van der Waals surface area contributed by atoms with Gasteiger partial charge in [0.1, 0.15) is 5.82 Å². The van der Waals surface area contributed by atoms with Gasteiger partial charge in [0, 0.05) is 19.8 Å².